The van der Waals surface area contributed by atoms with Gasteiger partial charge in [-0.3, -0.25) is 4.79 Å². The summed E-state index contributed by atoms with van der Waals surface area (Å²) in [6, 6.07) is 5.57. The Morgan fingerprint density at radius 2 is 1.95 bits per heavy atom. The molecule has 0 atom stereocenters. The van der Waals surface area contributed by atoms with Crippen molar-refractivity contribution in [3.63, 3.8) is 0 Å². The molecular formula is C14H10F4O2. The number of aryl methyl sites for hydroxylation is 1. The van der Waals surface area contributed by atoms with Crippen molar-refractivity contribution in [3.05, 3.63) is 59.3 Å². The lowest BCUT2D eigenvalue weighted by molar-refractivity contribution is -0.140. The van der Waals surface area contributed by atoms with Gasteiger partial charge in [0.15, 0.2) is 5.78 Å². The van der Waals surface area contributed by atoms with Crippen LogP contribution in [-0.4, -0.2) is 5.78 Å². The van der Waals surface area contributed by atoms with Crippen molar-refractivity contribution >= 4 is 5.78 Å². The number of hydrogen-bond donors (Lipinski definition) is 0. The number of carbonyl (C=O) groups excluding carboxylic acids is 1. The van der Waals surface area contributed by atoms with Gasteiger partial charge in [-0.25, -0.2) is 4.39 Å². The van der Waals surface area contributed by atoms with E-state index in [1.165, 1.54) is 6.26 Å². The first-order valence-corrected chi connectivity index (χ1v) is 5.80. The molecule has 0 saturated carbocycles. The van der Waals surface area contributed by atoms with E-state index >= 15 is 0 Å². The molecule has 6 heteroatoms. The van der Waals surface area contributed by atoms with Gasteiger partial charge in [0.1, 0.15) is 11.6 Å². The molecule has 0 bridgehead atoms. The fourth-order valence-corrected chi connectivity index (χ4v) is 1.75. The topological polar surface area (TPSA) is 30.2 Å². The molecule has 2 rings (SSSR count). The molecule has 0 amide bonds. The highest BCUT2D eigenvalue weighted by Gasteiger charge is 2.34. The molecule has 1 heterocycles. The second-order valence-corrected chi connectivity index (χ2v) is 4.19. The van der Waals surface area contributed by atoms with E-state index in [1.54, 1.807) is 12.1 Å². The van der Waals surface area contributed by atoms with E-state index in [-0.39, 0.29) is 18.4 Å². The van der Waals surface area contributed by atoms with E-state index in [4.69, 9.17) is 4.42 Å². The molecule has 0 unspecified atom stereocenters. The van der Waals surface area contributed by atoms with Crippen LogP contribution in [0.5, 0.6) is 0 Å². The van der Waals surface area contributed by atoms with Crippen LogP contribution in [-0.2, 0) is 12.6 Å². The summed E-state index contributed by atoms with van der Waals surface area (Å²) in [6.07, 6.45) is -3.10. The summed E-state index contributed by atoms with van der Waals surface area (Å²) in [5.41, 5.74) is -1.59. The third-order valence-corrected chi connectivity index (χ3v) is 2.77. The smallest absolute Gasteiger partial charge is 0.419 e. The summed E-state index contributed by atoms with van der Waals surface area (Å²) in [5, 5.41) is 0. The predicted molar refractivity (Wildman–Crippen MR) is 62.8 cm³/mol. The normalized spacial score (nSPS) is 11.6. The molecule has 0 aliphatic carbocycles. The Kier molecular flexibility index (Phi) is 3.92. The predicted octanol–water partition coefficient (Wildman–Crippen LogP) is 4.25. The van der Waals surface area contributed by atoms with E-state index < -0.39 is 23.3 Å². The number of alkyl halides is 3. The van der Waals surface area contributed by atoms with Crippen LogP contribution in [0.3, 0.4) is 0 Å². The molecule has 0 N–H and O–H groups in total. The van der Waals surface area contributed by atoms with E-state index in [2.05, 4.69) is 0 Å². The van der Waals surface area contributed by atoms with Crippen molar-refractivity contribution in [1.29, 1.82) is 0 Å². The summed E-state index contributed by atoms with van der Waals surface area (Å²) in [5.74, 6) is -1.32. The standard InChI is InChI=1S/C14H10F4O2/c15-12-5-3-9(8-11(12)14(16,17)18)13(19)6-4-10-2-1-7-20-10/h1-3,5,7-8H,4,6H2. The maximum Gasteiger partial charge on any atom is 0.419 e. The maximum absolute atomic E-state index is 13.1. The first-order chi connectivity index (χ1) is 9.38. The molecule has 20 heavy (non-hydrogen) atoms. The van der Waals surface area contributed by atoms with Crippen molar-refractivity contribution in [1.82, 2.24) is 0 Å². The van der Waals surface area contributed by atoms with Crippen molar-refractivity contribution < 1.29 is 26.8 Å². The molecular weight excluding hydrogens is 276 g/mol. The van der Waals surface area contributed by atoms with Crippen molar-refractivity contribution in [3.8, 4) is 0 Å². The fourth-order valence-electron chi connectivity index (χ4n) is 1.75. The summed E-state index contributed by atoms with van der Waals surface area (Å²) >= 11 is 0. The number of halogens is 4. The van der Waals surface area contributed by atoms with Gasteiger partial charge < -0.3 is 4.42 Å². The second-order valence-electron chi connectivity index (χ2n) is 4.19. The molecule has 0 aliphatic heterocycles. The lowest BCUT2D eigenvalue weighted by Crippen LogP contribution is -2.10. The fraction of sp³-hybridized carbons (Fsp3) is 0.214. The molecule has 0 fully saturated rings. The summed E-state index contributed by atoms with van der Waals surface area (Å²) < 4.78 is 55.7. The van der Waals surface area contributed by atoms with Gasteiger partial charge in [-0.1, -0.05) is 0 Å². The third kappa shape index (κ3) is 3.26. The van der Waals surface area contributed by atoms with Gasteiger partial charge in [-0.2, -0.15) is 13.2 Å². The summed E-state index contributed by atoms with van der Waals surface area (Å²) in [6.45, 7) is 0. The van der Waals surface area contributed by atoms with Crippen LogP contribution >= 0.6 is 0 Å². The van der Waals surface area contributed by atoms with Crippen molar-refractivity contribution in [2.45, 2.75) is 19.0 Å². The highest BCUT2D eigenvalue weighted by atomic mass is 19.4. The van der Waals surface area contributed by atoms with Gasteiger partial charge in [-0.05, 0) is 30.3 Å². The van der Waals surface area contributed by atoms with Gasteiger partial charge in [0, 0.05) is 18.4 Å². The van der Waals surface area contributed by atoms with Crippen LogP contribution < -0.4 is 0 Å². The van der Waals surface area contributed by atoms with Gasteiger partial charge in [0.2, 0.25) is 0 Å². The van der Waals surface area contributed by atoms with Crippen LogP contribution in [0, 0.1) is 5.82 Å². The maximum atomic E-state index is 13.1. The van der Waals surface area contributed by atoms with Crippen LogP contribution in [0.25, 0.3) is 0 Å². The quantitative estimate of drug-likeness (QED) is 0.621. The van der Waals surface area contributed by atoms with E-state index in [0.29, 0.717) is 17.9 Å². The Morgan fingerprint density at radius 3 is 2.55 bits per heavy atom. The van der Waals surface area contributed by atoms with E-state index in [0.717, 1.165) is 6.07 Å². The minimum absolute atomic E-state index is 0.00353. The zero-order valence-corrected chi connectivity index (χ0v) is 10.2. The Morgan fingerprint density at radius 1 is 1.20 bits per heavy atom. The number of benzene rings is 1. The Balaban J connectivity index is 2.14. The summed E-state index contributed by atoms with van der Waals surface area (Å²) in [4.78, 5) is 11.8. The highest BCUT2D eigenvalue weighted by Crippen LogP contribution is 2.32. The number of furan rings is 1. The molecule has 2 nitrogen and oxygen atoms in total. The van der Waals surface area contributed by atoms with E-state index in [9.17, 15) is 22.4 Å². The molecule has 2 aromatic rings. The molecule has 1 aromatic carbocycles. The number of carbonyl (C=O) groups is 1. The average Bonchev–Trinajstić information content (AvgIpc) is 2.88. The third-order valence-electron chi connectivity index (χ3n) is 2.77. The van der Waals surface area contributed by atoms with Crippen LogP contribution in [0.1, 0.15) is 28.1 Å². The SMILES string of the molecule is O=C(CCc1ccco1)c1ccc(F)c(C(F)(F)F)c1. The second kappa shape index (κ2) is 5.48. The van der Waals surface area contributed by atoms with Crippen LogP contribution in [0.15, 0.2) is 41.0 Å². The molecule has 0 saturated heterocycles. The lowest BCUT2D eigenvalue weighted by atomic mass is 10.0. The average molecular weight is 286 g/mol. The number of hydrogen-bond acceptors (Lipinski definition) is 2. The van der Waals surface area contributed by atoms with E-state index in [1.807, 2.05) is 0 Å². The van der Waals surface area contributed by atoms with Crippen molar-refractivity contribution in [2.24, 2.45) is 0 Å². The molecule has 0 aliphatic rings. The molecule has 106 valence electrons. The number of Topliss-reactive ketones (excluding diaryl/α,β-unsaturated/α-hetero) is 1. The highest BCUT2D eigenvalue weighted by molar-refractivity contribution is 5.96. The Bertz CT molecular complexity index is 600. The minimum atomic E-state index is -4.82. The zero-order chi connectivity index (χ0) is 14.8. The molecule has 1 aromatic heterocycles. The first-order valence-electron chi connectivity index (χ1n) is 5.80. The number of ketones is 1. The van der Waals surface area contributed by atoms with Gasteiger partial charge in [0.05, 0.1) is 11.8 Å². The van der Waals surface area contributed by atoms with Gasteiger partial charge in [0.25, 0.3) is 0 Å². The first kappa shape index (κ1) is 14.3. The number of rotatable bonds is 4. The monoisotopic (exact) mass is 286 g/mol. The van der Waals surface area contributed by atoms with Gasteiger partial charge >= 0.3 is 6.18 Å². The van der Waals surface area contributed by atoms with Gasteiger partial charge in [-0.15, -0.1) is 0 Å². The molecule has 0 radical (unpaired) electrons. The zero-order valence-electron chi connectivity index (χ0n) is 10.2. The lowest BCUT2D eigenvalue weighted by Gasteiger charge is -2.09. The molecule has 0 spiro atoms. The van der Waals surface area contributed by atoms with Crippen molar-refractivity contribution in [2.75, 3.05) is 0 Å². The Labute approximate surface area is 112 Å². The minimum Gasteiger partial charge on any atom is -0.469 e. The van der Waals surface area contributed by atoms with Crippen LogP contribution in [0.2, 0.25) is 0 Å². The summed E-state index contributed by atoms with van der Waals surface area (Å²) in [7, 11) is 0. The largest absolute Gasteiger partial charge is 0.469 e. The van der Waals surface area contributed by atoms with Crippen LogP contribution in [0.4, 0.5) is 17.6 Å². The Hall–Kier alpha value is -2.11.